The zero-order valence-electron chi connectivity index (χ0n) is 22.4. The van der Waals surface area contributed by atoms with Gasteiger partial charge in [-0.05, 0) is 71.0 Å². The van der Waals surface area contributed by atoms with Crippen LogP contribution in [-0.2, 0) is 10.2 Å². The fraction of sp³-hybridized carbons (Fsp3) is 0.206. The maximum Gasteiger partial charge on any atom is 0.238 e. The number of nitrogens with zero attached hydrogens (tertiary/aromatic N) is 1. The quantitative estimate of drug-likeness (QED) is 0.261. The second-order valence-electron chi connectivity index (χ2n) is 10.7. The molecule has 1 amide bonds. The summed E-state index contributed by atoms with van der Waals surface area (Å²) in [4.78, 5) is 46.2. The minimum Gasteiger partial charge on any atom is -0.494 e. The van der Waals surface area contributed by atoms with Crippen molar-refractivity contribution in [2.45, 2.75) is 30.8 Å². The number of hydrogen-bond donors (Lipinski definition) is 1. The molecule has 4 heterocycles. The van der Waals surface area contributed by atoms with Crippen LogP contribution in [0.3, 0.4) is 0 Å². The van der Waals surface area contributed by atoms with Crippen LogP contribution in [0.5, 0.6) is 5.75 Å². The van der Waals surface area contributed by atoms with Crippen LogP contribution in [0.2, 0.25) is 0 Å². The van der Waals surface area contributed by atoms with E-state index in [2.05, 4.69) is 5.32 Å². The highest BCUT2D eigenvalue weighted by Crippen LogP contribution is 2.62. The van der Waals surface area contributed by atoms with Crippen LogP contribution in [0.15, 0.2) is 96.5 Å². The lowest BCUT2D eigenvalue weighted by Gasteiger charge is -2.38. The Hall–Kier alpha value is -4.49. The molecular weight excluding hydrogens is 532 g/mol. The Morgan fingerprint density at radius 2 is 1.73 bits per heavy atom. The van der Waals surface area contributed by atoms with Gasteiger partial charge in [0, 0.05) is 17.5 Å². The van der Waals surface area contributed by atoms with E-state index in [-0.39, 0.29) is 17.5 Å². The Morgan fingerprint density at radius 3 is 2.51 bits per heavy atom. The number of nitrogens with one attached hydrogen (secondary N) is 1. The molecule has 204 valence electrons. The molecule has 1 fully saturated rings. The summed E-state index contributed by atoms with van der Waals surface area (Å²) in [5, 5.41) is 4.95. The van der Waals surface area contributed by atoms with Gasteiger partial charge in [-0.1, -0.05) is 55.5 Å². The van der Waals surface area contributed by atoms with Crippen LogP contribution in [0.4, 0.5) is 5.69 Å². The van der Waals surface area contributed by atoms with Crippen LogP contribution in [0.25, 0.3) is 6.08 Å². The van der Waals surface area contributed by atoms with Gasteiger partial charge in [0.2, 0.25) is 5.91 Å². The molecule has 0 aliphatic carbocycles. The summed E-state index contributed by atoms with van der Waals surface area (Å²) < 4.78 is 5.75. The molecule has 3 aliphatic rings. The third kappa shape index (κ3) is 3.72. The van der Waals surface area contributed by atoms with Crippen molar-refractivity contribution >= 4 is 40.6 Å². The van der Waals surface area contributed by atoms with Gasteiger partial charge < -0.3 is 15.0 Å². The van der Waals surface area contributed by atoms with Crippen molar-refractivity contribution in [3.05, 3.63) is 124 Å². The average Bonchev–Trinajstić information content (AvgIpc) is 3.72. The summed E-state index contributed by atoms with van der Waals surface area (Å²) >= 11 is 1.35. The molecule has 3 aliphatic heterocycles. The van der Waals surface area contributed by atoms with E-state index in [1.54, 1.807) is 30.3 Å². The van der Waals surface area contributed by atoms with Crippen molar-refractivity contribution < 1.29 is 19.1 Å². The zero-order valence-corrected chi connectivity index (χ0v) is 23.3. The van der Waals surface area contributed by atoms with Crippen molar-refractivity contribution in [3.8, 4) is 5.75 Å². The van der Waals surface area contributed by atoms with E-state index < -0.39 is 23.4 Å². The lowest BCUT2D eigenvalue weighted by Crippen LogP contribution is -2.49. The van der Waals surface area contributed by atoms with Gasteiger partial charge in [-0.3, -0.25) is 14.4 Å². The molecule has 6 nitrogen and oxygen atoms in total. The van der Waals surface area contributed by atoms with Gasteiger partial charge in [0.1, 0.15) is 17.2 Å². The number of thiophene rings is 1. The highest BCUT2D eigenvalue weighted by atomic mass is 32.1. The number of carbonyl (C=O) groups excluding carboxylic acids is 3. The van der Waals surface area contributed by atoms with Gasteiger partial charge in [-0.2, -0.15) is 0 Å². The molecule has 7 heteroatoms. The van der Waals surface area contributed by atoms with Crippen molar-refractivity contribution in [2.75, 3.05) is 11.9 Å². The van der Waals surface area contributed by atoms with E-state index in [1.807, 2.05) is 84.1 Å². The maximum atomic E-state index is 14.8. The molecule has 3 aromatic carbocycles. The minimum absolute atomic E-state index is 0.163. The number of rotatable bonds is 7. The van der Waals surface area contributed by atoms with Gasteiger partial charge in [0.25, 0.3) is 0 Å². The van der Waals surface area contributed by atoms with E-state index in [0.717, 1.165) is 23.1 Å². The first-order chi connectivity index (χ1) is 20.1. The number of fused-ring (bicyclic) bond motifs is 6. The molecular formula is C34H28N2O4S. The van der Waals surface area contributed by atoms with E-state index in [1.165, 1.54) is 11.3 Å². The number of hydrogen-bond acceptors (Lipinski definition) is 6. The normalized spacial score (nSPS) is 23.6. The number of amides is 1. The van der Waals surface area contributed by atoms with Crippen molar-refractivity contribution in [2.24, 2.45) is 5.92 Å². The van der Waals surface area contributed by atoms with Crippen molar-refractivity contribution in [3.63, 3.8) is 0 Å². The van der Waals surface area contributed by atoms with Gasteiger partial charge in [0.15, 0.2) is 11.6 Å². The summed E-state index contributed by atoms with van der Waals surface area (Å²) in [7, 11) is 0. The SMILES string of the molecule is CCCOc1ccc(C(=O)[C@H]2[C@@H](C(=O)c3cccs3)N3C=Cc4ccccc4[C@@H]3[C@]23C(=O)Nc2ccccc23)cc1. The van der Waals surface area contributed by atoms with Gasteiger partial charge in [0.05, 0.1) is 23.4 Å². The lowest BCUT2D eigenvalue weighted by atomic mass is 9.63. The third-order valence-corrected chi connectivity index (χ3v) is 9.38. The first-order valence-electron chi connectivity index (χ1n) is 13.9. The molecule has 1 aromatic heterocycles. The summed E-state index contributed by atoms with van der Waals surface area (Å²) in [5.41, 5.74) is 2.42. The second-order valence-corrected chi connectivity index (χ2v) is 11.6. The number of ketones is 2. The smallest absolute Gasteiger partial charge is 0.238 e. The first-order valence-corrected chi connectivity index (χ1v) is 14.7. The number of anilines is 1. The van der Waals surface area contributed by atoms with Crippen LogP contribution in [0.1, 0.15) is 56.1 Å². The Kier molecular flexibility index (Phi) is 6.12. The van der Waals surface area contributed by atoms with Gasteiger partial charge in [-0.25, -0.2) is 0 Å². The highest BCUT2D eigenvalue weighted by molar-refractivity contribution is 7.12. The Labute approximate surface area is 242 Å². The zero-order chi connectivity index (χ0) is 28.1. The standard InChI is InChI=1S/C34H28N2O4S/c1-2-19-40-23-15-13-22(14-16-23)30(37)28-29(31(38)27-12-7-20-41-27)36-18-17-21-8-3-4-9-24(21)32(36)34(28)25-10-5-6-11-26(25)35-33(34)39/h3-18,20,28-29,32H,2,19H2,1H3,(H,35,39)/t28-,29+,32-,34-/m1/s1. The fourth-order valence-electron chi connectivity index (χ4n) is 6.85. The predicted molar refractivity (Wildman–Crippen MR) is 159 cm³/mol. The second kappa shape index (κ2) is 9.85. The summed E-state index contributed by atoms with van der Waals surface area (Å²) in [5.74, 6) is -0.974. The fourth-order valence-corrected chi connectivity index (χ4v) is 7.54. The molecule has 1 spiro atoms. The van der Waals surface area contributed by atoms with Crippen molar-refractivity contribution in [1.82, 2.24) is 4.90 Å². The molecule has 0 bridgehead atoms. The first kappa shape index (κ1) is 25.5. The molecule has 1 N–H and O–H groups in total. The maximum absolute atomic E-state index is 14.8. The van der Waals surface area contributed by atoms with E-state index in [4.69, 9.17) is 4.74 Å². The monoisotopic (exact) mass is 560 g/mol. The number of Topliss-reactive ketones (excluding diaryl/α,β-unsaturated/α-hetero) is 2. The number of ether oxygens (including phenoxy) is 1. The van der Waals surface area contributed by atoms with E-state index in [9.17, 15) is 14.4 Å². The molecule has 0 radical (unpaired) electrons. The highest BCUT2D eigenvalue weighted by Gasteiger charge is 2.70. The summed E-state index contributed by atoms with van der Waals surface area (Å²) in [6.07, 6.45) is 4.74. The topological polar surface area (TPSA) is 75.7 Å². The average molecular weight is 561 g/mol. The largest absolute Gasteiger partial charge is 0.494 e. The Bertz CT molecular complexity index is 1690. The molecule has 4 aromatic rings. The molecule has 0 saturated carbocycles. The molecule has 41 heavy (non-hydrogen) atoms. The number of benzene rings is 3. The summed E-state index contributed by atoms with van der Waals surface area (Å²) in [6, 6.07) is 24.7. The molecule has 1 saturated heterocycles. The minimum atomic E-state index is -1.33. The molecule has 7 rings (SSSR count). The Balaban J connectivity index is 1.47. The number of para-hydroxylation sites is 1. The molecule has 0 unspecified atom stereocenters. The lowest BCUT2D eigenvalue weighted by molar-refractivity contribution is -0.122. The van der Waals surface area contributed by atoms with Crippen LogP contribution in [0, 0.1) is 5.92 Å². The van der Waals surface area contributed by atoms with Crippen LogP contribution >= 0.6 is 11.3 Å². The number of carbonyl (C=O) groups is 3. The van der Waals surface area contributed by atoms with Crippen LogP contribution in [-0.4, -0.2) is 35.0 Å². The third-order valence-electron chi connectivity index (χ3n) is 8.50. The van der Waals surface area contributed by atoms with E-state index in [0.29, 0.717) is 28.5 Å². The predicted octanol–water partition coefficient (Wildman–Crippen LogP) is 6.52. The van der Waals surface area contributed by atoms with Gasteiger partial charge >= 0.3 is 0 Å². The van der Waals surface area contributed by atoms with Crippen molar-refractivity contribution in [1.29, 1.82) is 0 Å². The summed E-state index contributed by atoms with van der Waals surface area (Å²) in [6.45, 7) is 2.61. The van der Waals surface area contributed by atoms with Crippen LogP contribution < -0.4 is 10.1 Å². The Morgan fingerprint density at radius 1 is 0.951 bits per heavy atom. The molecule has 4 atom stereocenters. The van der Waals surface area contributed by atoms with E-state index >= 15 is 0 Å². The van der Waals surface area contributed by atoms with Gasteiger partial charge in [-0.15, -0.1) is 11.3 Å².